The summed E-state index contributed by atoms with van der Waals surface area (Å²) in [5.41, 5.74) is 1.46. The number of likely N-dealkylation sites (N-methyl/N-ethyl adjacent to an activating group) is 1. The molecule has 0 fully saturated rings. The highest BCUT2D eigenvalue weighted by Gasteiger charge is 2.30. The Morgan fingerprint density at radius 2 is 1.75 bits per heavy atom. The summed E-state index contributed by atoms with van der Waals surface area (Å²) < 4.78 is 5.13. The van der Waals surface area contributed by atoms with E-state index in [1.807, 2.05) is 18.2 Å². The zero-order valence-electron chi connectivity index (χ0n) is 15.6. The van der Waals surface area contributed by atoms with Crippen molar-refractivity contribution < 1.29 is 14.3 Å². The second-order valence-electron chi connectivity index (χ2n) is 6.04. The molecule has 0 aliphatic carbocycles. The number of anilines is 1. The molecular weight excluding hydrogens is 356 g/mol. The van der Waals surface area contributed by atoms with Gasteiger partial charge in [0.25, 0.3) is 11.8 Å². The molecule has 1 aromatic heterocycles. The van der Waals surface area contributed by atoms with Crippen LogP contribution in [0.3, 0.4) is 0 Å². The van der Waals surface area contributed by atoms with E-state index in [1.165, 1.54) is 23.5 Å². The van der Waals surface area contributed by atoms with Gasteiger partial charge in [0.05, 0.1) is 13.3 Å². The quantitative estimate of drug-likeness (QED) is 0.715. The highest BCUT2D eigenvalue weighted by molar-refractivity contribution is 6.00. The summed E-state index contributed by atoms with van der Waals surface area (Å²) in [5, 5.41) is 2.85. The van der Waals surface area contributed by atoms with E-state index in [9.17, 15) is 9.59 Å². The lowest BCUT2D eigenvalue weighted by Gasteiger charge is -2.27. The largest absolute Gasteiger partial charge is 0.497 e. The Morgan fingerprint density at radius 3 is 2.36 bits per heavy atom. The fraction of sp³-hybridized carbons (Fsp3) is 0.143. The van der Waals surface area contributed by atoms with E-state index in [4.69, 9.17) is 4.74 Å². The smallest absolute Gasteiger partial charge is 0.274 e. The summed E-state index contributed by atoms with van der Waals surface area (Å²) in [6, 6.07) is 15.3. The van der Waals surface area contributed by atoms with Crippen LogP contribution in [0.2, 0.25) is 0 Å². The number of carbonyl (C=O) groups excluding carboxylic acids is 2. The molecule has 3 aromatic rings. The van der Waals surface area contributed by atoms with Gasteiger partial charge in [0.1, 0.15) is 17.5 Å². The minimum atomic E-state index is -0.835. The first-order valence-electron chi connectivity index (χ1n) is 8.63. The summed E-state index contributed by atoms with van der Waals surface area (Å²) in [4.78, 5) is 35.2. The van der Waals surface area contributed by atoms with Crippen LogP contribution in [-0.4, -0.2) is 40.8 Å². The van der Waals surface area contributed by atoms with E-state index >= 15 is 0 Å². The minimum absolute atomic E-state index is 0.170. The van der Waals surface area contributed by atoms with Gasteiger partial charge in [-0.1, -0.05) is 30.3 Å². The van der Waals surface area contributed by atoms with Crippen LogP contribution in [0.5, 0.6) is 5.75 Å². The van der Waals surface area contributed by atoms with Gasteiger partial charge in [0, 0.05) is 25.1 Å². The Hall–Kier alpha value is -3.74. The Kier molecular flexibility index (Phi) is 5.96. The summed E-state index contributed by atoms with van der Waals surface area (Å²) >= 11 is 0. The Labute approximate surface area is 163 Å². The molecule has 2 aromatic carbocycles. The number of benzene rings is 2. The summed E-state index contributed by atoms with van der Waals surface area (Å²) in [7, 11) is 3.15. The standard InChI is InChI=1S/C21H20N4O3/c1-25(21(27)18-14-22-12-13-23-18)19(15-6-4-3-5-7-15)20(26)24-16-8-10-17(28-2)11-9-16/h3-14,19H,1-2H3,(H,24,26)/t19-/m0/s1. The molecule has 28 heavy (non-hydrogen) atoms. The SMILES string of the molecule is COc1ccc(NC(=O)[C@H](c2ccccc2)N(C)C(=O)c2cnccn2)cc1. The maximum Gasteiger partial charge on any atom is 0.274 e. The lowest BCUT2D eigenvalue weighted by atomic mass is 10.0. The highest BCUT2D eigenvalue weighted by Crippen LogP contribution is 2.24. The number of rotatable bonds is 6. The van der Waals surface area contributed by atoms with Gasteiger partial charge in [-0.2, -0.15) is 0 Å². The summed E-state index contributed by atoms with van der Waals surface area (Å²) in [6.07, 6.45) is 4.31. The first-order valence-corrected chi connectivity index (χ1v) is 8.63. The lowest BCUT2D eigenvalue weighted by molar-refractivity contribution is -0.120. The number of nitrogens with one attached hydrogen (secondary N) is 1. The maximum absolute atomic E-state index is 13.1. The molecule has 3 rings (SSSR count). The van der Waals surface area contributed by atoms with Crippen molar-refractivity contribution in [1.82, 2.24) is 14.9 Å². The van der Waals surface area contributed by atoms with Crippen LogP contribution in [0.15, 0.2) is 73.2 Å². The van der Waals surface area contributed by atoms with E-state index in [-0.39, 0.29) is 11.6 Å². The van der Waals surface area contributed by atoms with Crippen molar-refractivity contribution >= 4 is 17.5 Å². The fourth-order valence-corrected chi connectivity index (χ4v) is 2.78. The number of methoxy groups -OCH3 is 1. The van der Waals surface area contributed by atoms with Crippen molar-refractivity contribution in [3.8, 4) is 5.75 Å². The molecule has 0 unspecified atom stereocenters. The number of hydrogen-bond acceptors (Lipinski definition) is 5. The van der Waals surface area contributed by atoms with Crippen LogP contribution in [0.1, 0.15) is 22.1 Å². The maximum atomic E-state index is 13.1. The third kappa shape index (κ3) is 4.32. The van der Waals surface area contributed by atoms with Gasteiger partial charge in [-0.05, 0) is 29.8 Å². The first kappa shape index (κ1) is 19.0. The molecule has 7 heteroatoms. The van der Waals surface area contributed by atoms with Gasteiger partial charge in [-0.25, -0.2) is 4.98 Å². The van der Waals surface area contributed by atoms with Gasteiger partial charge in [-0.3, -0.25) is 14.6 Å². The third-order valence-electron chi connectivity index (χ3n) is 4.21. The first-order chi connectivity index (χ1) is 13.6. The molecule has 2 amide bonds. The molecule has 142 valence electrons. The predicted molar refractivity (Wildman–Crippen MR) is 105 cm³/mol. The molecule has 0 bridgehead atoms. The molecule has 1 atom stereocenters. The number of amides is 2. The van der Waals surface area contributed by atoms with Crippen LogP contribution < -0.4 is 10.1 Å². The van der Waals surface area contributed by atoms with Crippen molar-refractivity contribution in [3.63, 3.8) is 0 Å². The van der Waals surface area contributed by atoms with Crippen molar-refractivity contribution in [3.05, 3.63) is 84.4 Å². The van der Waals surface area contributed by atoms with E-state index < -0.39 is 11.9 Å². The Morgan fingerprint density at radius 1 is 1.04 bits per heavy atom. The molecule has 7 nitrogen and oxygen atoms in total. The molecular formula is C21H20N4O3. The number of nitrogens with zero attached hydrogens (tertiary/aromatic N) is 3. The monoisotopic (exact) mass is 376 g/mol. The van der Waals surface area contributed by atoms with E-state index in [1.54, 1.807) is 50.6 Å². The van der Waals surface area contributed by atoms with Gasteiger partial charge < -0.3 is 15.0 Å². The molecule has 0 aliphatic rings. The van der Waals surface area contributed by atoms with Crippen LogP contribution in [0.25, 0.3) is 0 Å². The zero-order valence-corrected chi connectivity index (χ0v) is 15.6. The number of carbonyl (C=O) groups is 2. The van der Waals surface area contributed by atoms with Gasteiger partial charge in [0.15, 0.2) is 0 Å². The Balaban J connectivity index is 1.88. The average Bonchev–Trinajstić information content (AvgIpc) is 2.75. The van der Waals surface area contributed by atoms with Gasteiger partial charge >= 0.3 is 0 Å². The number of hydrogen-bond donors (Lipinski definition) is 1. The topological polar surface area (TPSA) is 84.4 Å². The van der Waals surface area contributed by atoms with Crippen LogP contribution in [0.4, 0.5) is 5.69 Å². The zero-order chi connectivity index (χ0) is 19.9. The lowest BCUT2D eigenvalue weighted by Crippen LogP contribution is -2.39. The van der Waals surface area contributed by atoms with Crippen LogP contribution in [0, 0.1) is 0 Å². The molecule has 0 saturated carbocycles. The van der Waals surface area contributed by atoms with Gasteiger partial charge in [0.2, 0.25) is 0 Å². The van der Waals surface area contributed by atoms with E-state index in [0.29, 0.717) is 17.0 Å². The predicted octanol–water partition coefficient (Wildman–Crippen LogP) is 2.94. The minimum Gasteiger partial charge on any atom is -0.497 e. The van der Waals surface area contributed by atoms with Crippen molar-refractivity contribution in [2.24, 2.45) is 0 Å². The number of ether oxygens (including phenoxy) is 1. The normalized spacial score (nSPS) is 11.4. The highest BCUT2D eigenvalue weighted by atomic mass is 16.5. The molecule has 0 aliphatic heterocycles. The summed E-state index contributed by atoms with van der Waals surface area (Å²) in [5.74, 6) is -0.0458. The second-order valence-corrected chi connectivity index (χ2v) is 6.04. The van der Waals surface area contributed by atoms with E-state index in [0.717, 1.165) is 0 Å². The molecule has 0 spiro atoms. The number of aromatic nitrogens is 2. The van der Waals surface area contributed by atoms with Crippen LogP contribution >= 0.6 is 0 Å². The van der Waals surface area contributed by atoms with Gasteiger partial charge in [-0.15, -0.1) is 0 Å². The molecule has 0 saturated heterocycles. The fourth-order valence-electron chi connectivity index (χ4n) is 2.78. The molecule has 0 radical (unpaired) electrons. The van der Waals surface area contributed by atoms with Crippen molar-refractivity contribution in [2.75, 3.05) is 19.5 Å². The third-order valence-corrected chi connectivity index (χ3v) is 4.21. The Bertz CT molecular complexity index is 931. The molecule has 1 N–H and O–H groups in total. The second kappa shape index (κ2) is 8.77. The molecule has 1 heterocycles. The summed E-state index contributed by atoms with van der Waals surface area (Å²) in [6.45, 7) is 0. The van der Waals surface area contributed by atoms with Crippen LogP contribution in [-0.2, 0) is 4.79 Å². The average molecular weight is 376 g/mol. The van der Waals surface area contributed by atoms with Crippen molar-refractivity contribution in [2.45, 2.75) is 6.04 Å². The van der Waals surface area contributed by atoms with E-state index in [2.05, 4.69) is 15.3 Å². The van der Waals surface area contributed by atoms with Crippen molar-refractivity contribution in [1.29, 1.82) is 0 Å².